The Labute approximate surface area is 226 Å². The van der Waals surface area contributed by atoms with Crippen LogP contribution in [-0.2, 0) is 29.3 Å². The number of aryl methyl sites for hydroxylation is 2. The summed E-state index contributed by atoms with van der Waals surface area (Å²) in [7, 11) is 0. The number of aliphatic imine (C=N–C) groups is 2. The smallest absolute Gasteiger partial charge is 0.0636 e. The molecule has 0 bridgehead atoms. The van der Waals surface area contributed by atoms with E-state index in [4.69, 9.17) is 9.98 Å². The van der Waals surface area contributed by atoms with Crippen molar-refractivity contribution < 1.29 is 16.5 Å². The van der Waals surface area contributed by atoms with Gasteiger partial charge in [0.05, 0.1) is 22.8 Å². The number of benzene rings is 2. The van der Waals surface area contributed by atoms with Gasteiger partial charge in [-0.2, -0.15) is 0 Å². The van der Waals surface area contributed by atoms with Gasteiger partial charge in [-0.25, -0.2) is 0 Å². The monoisotopic (exact) mass is 518 g/mol. The molecule has 0 N–H and O–H groups in total. The fraction of sp³-hybridized carbons (Fsp3) is 0.562. The summed E-state index contributed by atoms with van der Waals surface area (Å²) in [6, 6.07) is 17.4. The number of para-hydroxylation sites is 1. The number of hydrogen-bond acceptors (Lipinski definition) is 2. The Bertz CT molecular complexity index is 870. The predicted octanol–water partition coefficient (Wildman–Crippen LogP) is 10.4. The molecular formula is C32H48N2Ni. The third kappa shape index (κ3) is 12.2. The fourth-order valence-electron chi connectivity index (χ4n) is 4.32. The third-order valence-electron chi connectivity index (χ3n) is 6.44. The minimum atomic E-state index is 0. The number of hydrogen-bond donors (Lipinski definition) is 0. The molecule has 0 amide bonds. The zero-order chi connectivity index (χ0) is 24.4. The first-order chi connectivity index (χ1) is 16.7. The minimum absolute atomic E-state index is 0. The van der Waals surface area contributed by atoms with Gasteiger partial charge in [-0.05, 0) is 86.8 Å². The molecule has 3 heteroatoms. The van der Waals surface area contributed by atoms with Crippen LogP contribution in [0.3, 0.4) is 0 Å². The van der Waals surface area contributed by atoms with Crippen molar-refractivity contribution in [2.75, 3.05) is 0 Å². The van der Waals surface area contributed by atoms with Gasteiger partial charge in [0.2, 0.25) is 0 Å². The van der Waals surface area contributed by atoms with E-state index in [1.165, 1.54) is 86.8 Å². The fourth-order valence-corrected chi connectivity index (χ4v) is 4.32. The van der Waals surface area contributed by atoms with Gasteiger partial charge in [-0.1, -0.05) is 90.5 Å². The molecule has 0 unspecified atom stereocenters. The van der Waals surface area contributed by atoms with E-state index in [0.717, 1.165) is 37.1 Å². The van der Waals surface area contributed by atoms with Gasteiger partial charge in [0, 0.05) is 16.5 Å². The largest absolute Gasteiger partial charge is 0.252 e. The summed E-state index contributed by atoms with van der Waals surface area (Å²) in [6.45, 7) is 9.08. The Morgan fingerprint density at radius 3 is 1.60 bits per heavy atom. The molecule has 2 rings (SSSR count). The van der Waals surface area contributed by atoms with E-state index >= 15 is 0 Å². The Balaban J connectivity index is 0.00000612. The van der Waals surface area contributed by atoms with E-state index in [0.29, 0.717) is 0 Å². The van der Waals surface area contributed by atoms with E-state index < -0.39 is 0 Å². The predicted molar refractivity (Wildman–Crippen MR) is 153 cm³/mol. The first kappa shape index (κ1) is 31.3. The molecule has 0 saturated heterocycles. The number of rotatable bonds is 17. The van der Waals surface area contributed by atoms with Crippen molar-refractivity contribution in [2.45, 2.75) is 118 Å². The van der Waals surface area contributed by atoms with Gasteiger partial charge in [-0.15, -0.1) is 0 Å². The maximum absolute atomic E-state index is 5.26. The molecule has 0 heterocycles. The third-order valence-corrected chi connectivity index (χ3v) is 6.44. The van der Waals surface area contributed by atoms with E-state index in [1.807, 2.05) is 0 Å². The Kier molecular flexibility index (Phi) is 17.4. The summed E-state index contributed by atoms with van der Waals surface area (Å²) >= 11 is 0. The van der Waals surface area contributed by atoms with Gasteiger partial charge in [-0.3, -0.25) is 9.98 Å². The van der Waals surface area contributed by atoms with E-state index in [2.05, 4.69) is 76.2 Å². The second-order valence-corrected chi connectivity index (χ2v) is 9.53. The van der Waals surface area contributed by atoms with E-state index in [-0.39, 0.29) is 16.5 Å². The summed E-state index contributed by atoms with van der Waals surface area (Å²) in [5, 5.41) is 0. The first-order valence-electron chi connectivity index (χ1n) is 14.0. The van der Waals surface area contributed by atoms with Gasteiger partial charge in [0.1, 0.15) is 0 Å². The van der Waals surface area contributed by atoms with Crippen molar-refractivity contribution in [3.8, 4) is 0 Å². The molecule has 0 aliphatic rings. The molecule has 0 saturated carbocycles. The molecule has 2 nitrogen and oxygen atoms in total. The average Bonchev–Trinajstić information content (AvgIpc) is 2.86. The van der Waals surface area contributed by atoms with Crippen LogP contribution in [0.1, 0.15) is 116 Å². The molecule has 35 heavy (non-hydrogen) atoms. The summed E-state index contributed by atoms with van der Waals surface area (Å²) in [6.07, 6.45) is 16.7. The summed E-state index contributed by atoms with van der Waals surface area (Å²) in [4.78, 5) is 10.3. The van der Waals surface area contributed by atoms with Crippen LogP contribution < -0.4 is 0 Å². The maximum atomic E-state index is 5.26. The maximum Gasteiger partial charge on any atom is 0.0636 e. The van der Waals surface area contributed by atoms with Crippen LogP contribution >= 0.6 is 0 Å². The van der Waals surface area contributed by atoms with E-state index in [9.17, 15) is 0 Å². The van der Waals surface area contributed by atoms with Crippen LogP contribution in [-0.4, -0.2) is 11.4 Å². The van der Waals surface area contributed by atoms with Crippen molar-refractivity contribution >= 4 is 22.8 Å². The summed E-state index contributed by atoms with van der Waals surface area (Å²) in [5.74, 6) is 0. The molecule has 0 aliphatic carbocycles. The van der Waals surface area contributed by atoms with Crippen LogP contribution in [0.4, 0.5) is 11.4 Å². The minimum Gasteiger partial charge on any atom is -0.252 e. The van der Waals surface area contributed by atoms with Crippen molar-refractivity contribution in [2.24, 2.45) is 9.98 Å². The topological polar surface area (TPSA) is 24.7 Å². The molecule has 0 atom stereocenters. The van der Waals surface area contributed by atoms with Crippen molar-refractivity contribution in [1.29, 1.82) is 0 Å². The Hall–Kier alpha value is -1.73. The van der Waals surface area contributed by atoms with Crippen LogP contribution in [0.5, 0.6) is 0 Å². The molecule has 0 spiro atoms. The van der Waals surface area contributed by atoms with Crippen molar-refractivity contribution in [1.82, 2.24) is 0 Å². The van der Waals surface area contributed by atoms with Crippen LogP contribution in [0.25, 0.3) is 0 Å². The number of nitrogens with zero attached hydrogens (tertiary/aromatic N) is 2. The van der Waals surface area contributed by atoms with Gasteiger partial charge in [0.15, 0.2) is 0 Å². The van der Waals surface area contributed by atoms with Crippen LogP contribution in [0.2, 0.25) is 0 Å². The molecule has 0 aromatic heterocycles. The Morgan fingerprint density at radius 2 is 1.06 bits per heavy atom. The molecule has 196 valence electrons. The average molecular weight is 519 g/mol. The SMILES string of the molecule is CCCCCc1ccc(N=C(CCCC)C(CCCC)=Nc2ccccc2)cc1CCCCC.[Ni]. The zero-order valence-electron chi connectivity index (χ0n) is 22.7. The molecule has 0 radical (unpaired) electrons. The van der Waals surface area contributed by atoms with Gasteiger partial charge in [0.25, 0.3) is 0 Å². The normalized spacial score (nSPS) is 12.0. The van der Waals surface area contributed by atoms with Crippen molar-refractivity contribution in [3.05, 3.63) is 59.7 Å². The zero-order valence-corrected chi connectivity index (χ0v) is 23.7. The second kappa shape index (κ2) is 19.5. The standard InChI is InChI=1S/C32H48N2.Ni/c1-5-9-14-18-27-24-25-30(26-28(27)19-15-10-6-2)34-32(23-12-8-4)31(22-11-7-3)33-29-20-16-13-17-21-29;/h13,16-17,20-21,24-26H,5-12,14-15,18-19,22-23H2,1-4H3;. The van der Waals surface area contributed by atoms with Crippen LogP contribution in [0, 0.1) is 0 Å². The molecule has 2 aromatic rings. The van der Waals surface area contributed by atoms with Crippen molar-refractivity contribution in [3.63, 3.8) is 0 Å². The van der Waals surface area contributed by atoms with E-state index in [1.54, 1.807) is 0 Å². The molecule has 2 aromatic carbocycles. The van der Waals surface area contributed by atoms with Gasteiger partial charge < -0.3 is 0 Å². The summed E-state index contributed by atoms with van der Waals surface area (Å²) < 4.78 is 0. The molecule has 0 fully saturated rings. The second-order valence-electron chi connectivity index (χ2n) is 9.53. The number of unbranched alkanes of at least 4 members (excludes halogenated alkanes) is 6. The van der Waals surface area contributed by atoms with Gasteiger partial charge >= 0.3 is 0 Å². The molecular weight excluding hydrogens is 471 g/mol. The first-order valence-corrected chi connectivity index (χ1v) is 14.0. The Morgan fingerprint density at radius 1 is 0.543 bits per heavy atom. The quantitative estimate of drug-likeness (QED) is 0.113. The van der Waals surface area contributed by atoms with Crippen LogP contribution in [0.15, 0.2) is 58.5 Å². The summed E-state index contributed by atoms with van der Waals surface area (Å²) in [5.41, 5.74) is 7.52. The molecule has 0 aliphatic heterocycles.